The molecule has 0 aromatic carbocycles. The molecule has 1 N–H and O–H groups in total. The van der Waals surface area contributed by atoms with Gasteiger partial charge in [-0.15, -0.1) is 0 Å². The van der Waals surface area contributed by atoms with Gasteiger partial charge in [0.05, 0.1) is 0 Å². The molecule has 1 saturated heterocycles. The third kappa shape index (κ3) is 2.36. The number of amides is 2. The molecule has 2 aliphatic carbocycles. The van der Waals surface area contributed by atoms with Crippen molar-refractivity contribution in [3.8, 4) is 0 Å². The van der Waals surface area contributed by atoms with Crippen LogP contribution in [0.4, 0.5) is 0 Å². The third-order valence-corrected chi connectivity index (χ3v) is 6.22. The highest BCUT2D eigenvalue weighted by atomic mass is 16.2. The Balaban J connectivity index is 1.79. The Morgan fingerprint density at radius 1 is 1.24 bits per heavy atom. The number of hydrogen-bond acceptors (Lipinski definition) is 2. The molecule has 0 spiro atoms. The lowest BCUT2D eigenvalue weighted by atomic mass is 9.85. The van der Waals surface area contributed by atoms with Crippen LogP contribution in [-0.4, -0.2) is 34.8 Å². The molecule has 3 aliphatic rings. The topological polar surface area (TPSA) is 49.4 Å². The van der Waals surface area contributed by atoms with Crippen molar-refractivity contribution in [3.63, 3.8) is 0 Å². The summed E-state index contributed by atoms with van der Waals surface area (Å²) in [7, 11) is 0. The van der Waals surface area contributed by atoms with Crippen molar-refractivity contribution >= 4 is 11.8 Å². The number of nitrogens with zero attached hydrogens (tertiary/aromatic N) is 1. The van der Waals surface area contributed by atoms with E-state index in [1.54, 1.807) is 0 Å². The molecule has 0 aromatic rings. The van der Waals surface area contributed by atoms with Crippen molar-refractivity contribution in [2.45, 2.75) is 70.9 Å². The monoisotopic (exact) mass is 292 g/mol. The van der Waals surface area contributed by atoms with E-state index in [2.05, 4.69) is 5.32 Å². The van der Waals surface area contributed by atoms with E-state index in [0.29, 0.717) is 18.8 Å². The second-order valence-electron chi connectivity index (χ2n) is 7.49. The zero-order chi connectivity index (χ0) is 15.2. The fraction of sp³-hybridized carbons (Fsp3) is 0.882. The third-order valence-electron chi connectivity index (χ3n) is 6.22. The number of carbonyl (C=O) groups is 2. The Labute approximate surface area is 127 Å². The Hall–Kier alpha value is -1.06. The van der Waals surface area contributed by atoms with Crippen molar-refractivity contribution in [2.75, 3.05) is 6.54 Å². The van der Waals surface area contributed by atoms with Crippen molar-refractivity contribution in [1.29, 1.82) is 0 Å². The second-order valence-corrected chi connectivity index (χ2v) is 7.49. The summed E-state index contributed by atoms with van der Waals surface area (Å²) in [6.45, 7) is 6.63. The molecule has 2 amide bonds. The molecule has 0 aromatic heterocycles. The van der Waals surface area contributed by atoms with E-state index in [1.807, 2.05) is 25.7 Å². The fourth-order valence-electron chi connectivity index (χ4n) is 4.72. The van der Waals surface area contributed by atoms with E-state index < -0.39 is 5.54 Å². The van der Waals surface area contributed by atoms with E-state index in [9.17, 15) is 9.59 Å². The molecular weight excluding hydrogens is 264 g/mol. The number of rotatable bonds is 4. The largest absolute Gasteiger partial charge is 0.340 e. The maximum absolute atomic E-state index is 12.9. The summed E-state index contributed by atoms with van der Waals surface area (Å²) in [6, 6.07) is -0.267. The lowest BCUT2D eigenvalue weighted by molar-refractivity contribution is -0.155. The van der Waals surface area contributed by atoms with Gasteiger partial charge in [-0.1, -0.05) is 20.3 Å². The molecule has 5 unspecified atom stereocenters. The summed E-state index contributed by atoms with van der Waals surface area (Å²) in [5.41, 5.74) is -0.708. The molecule has 21 heavy (non-hydrogen) atoms. The summed E-state index contributed by atoms with van der Waals surface area (Å²) >= 11 is 0. The van der Waals surface area contributed by atoms with Gasteiger partial charge in [-0.3, -0.25) is 9.59 Å². The van der Waals surface area contributed by atoms with E-state index in [0.717, 1.165) is 18.4 Å². The lowest BCUT2D eigenvalue weighted by Crippen LogP contribution is -2.69. The van der Waals surface area contributed by atoms with Crippen LogP contribution in [0.2, 0.25) is 0 Å². The number of nitrogens with one attached hydrogen (secondary N) is 1. The van der Waals surface area contributed by atoms with Gasteiger partial charge in [-0.2, -0.15) is 0 Å². The predicted molar refractivity (Wildman–Crippen MR) is 81.6 cm³/mol. The Morgan fingerprint density at radius 3 is 2.52 bits per heavy atom. The molecule has 0 radical (unpaired) electrons. The van der Waals surface area contributed by atoms with Crippen LogP contribution in [0, 0.1) is 17.8 Å². The summed E-state index contributed by atoms with van der Waals surface area (Å²) in [5.74, 6) is 2.45. The molecular formula is C17H28N2O2. The minimum atomic E-state index is -0.708. The normalized spacial score (nSPS) is 42.5. The minimum Gasteiger partial charge on any atom is -0.340 e. The van der Waals surface area contributed by atoms with Crippen molar-refractivity contribution < 1.29 is 9.59 Å². The van der Waals surface area contributed by atoms with Crippen LogP contribution in [0.25, 0.3) is 0 Å². The molecule has 1 aliphatic heterocycles. The zero-order valence-corrected chi connectivity index (χ0v) is 13.5. The SMILES string of the molecule is CCC1C(=O)NC(C)(CC)C(=O)N1CC1CC2CCC1C2. The van der Waals surface area contributed by atoms with Crippen LogP contribution >= 0.6 is 0 Å². The van der Waals surface area contributed by atoms with Crippen LogP contribution in [-0.2, 0) is 9.59 Å². The van der Waals surface area contributed by atoms with Gasteiger partial charge >= 0.3 is 0 Å². The molecule has 3 fully saturated rings. The molecule has 2 bridgehead atoms. The predicted octanol–water partition coefficient (Wildman–Crippen LogP) is 2.33. The van der Waals surface area contributed by atoms with E-state index in [4.69, 9.17) is 0 Å². The number of carbonyl (C=O) groups excluding carboxylic acids is 2. The van der Waals surface area contributed by atoms with Gasteiger partial charge in [0.1, 0.15) is 11.6 Å². The van der Waals surface area contributed by atoms with E-state index >= 15 is 0 Å². The highest BCUT2D eigenvalue weighted by molar-refractivity contribution is 5.99. The van der Waals surface area contributed by atoms with Gasteiger partial charge < -0.3 is 10.2 Å². The number of piperazine rings is 1. The summed E-state index contributed by atoms with van der Waals surface area (Å²) < 4.78 is 0. The van der Waals surface area contributed by atoms with Crippen LogP contribution < -0.4 is 5.32 Å². The number of hydrogen-bond donors (Lipinski definition) is 1. The Morgan fingerprint density at radius 2 is 2.00 bits per heavy atom. The van der Waals surface area contributed by atoms with Crippen molar-refractivity contribution in [2.24, 2.45) is 17.8 Å². The zero-order valence-electron chi connectivity index (χ0n) is 13.5. The van der Waals surface area contributed by atoms with E-state index in [1.165, 1.54) is 25.7 Å². The Bertz CT molecular complexity index is 450. The van der Waals surface area contributed by atoms with Gasteiger partial charge in [0.15, 0.2) is 0 Å². The molecule has 3 rings (SSSR count). The first-order chi connectivity index (χ1) is 9.98. The van der Waals surface area contributed by atoms with Gasteiger partial charge in [0.25, 0.3) is 0 Å². The smallest absolute Gasteiger partial charge is 0.248 e. The minimum absolute atomic E-state index is 0.0320. The molecule has 4 heteroatoms. The summed E-state index contributed by atoms with van der Waals surface area (Å²) in [6.07, 6.45) is 6.67. The van der Waals surface area contributed by atoms with Crippen LogP contribution in [0.5, 0.6) is 0 Å². The quantitative estimate of drug-likeness (QED) is 0.864. The molecule has 1 heterocycles. The molecule has 4 nitrogen and oxygen atoms in total. The first-order valence-electron chi connectivity index (χ1n) is 8.61. The molecule has 2 saturated carbocycles. The van der Waals surface area contributed by atoms with Gasteiger partial charge in [-0.05, 0) is 56.8 Å². The Kier molecular flexibility index (Phi) is 3.74. The highest BCUT2D eigenvalue weighted by Gasteiger charge is 2.48. The van der Waals surface area contributed by atoms with Crippen molar-refractivity contribution in [1.82, 2.24) is 10.2 Å². The maximum Gasteiger partial charge on any atom is 0.248 e. The molecule has 118 valence electrons. The van der Waals surface area contributed by atoms with Crippen LogP contribution in [0.1, 0.15) is 59.3 Å². The van der Waals surface area contributed by atoms with Gasteiger partial charge in [0.2, 0.25) is 11.8 Å². The fourth-order valence-corrected chi connectivity index (χ4v) is 4.72. The summed E-state index contributed by atoms with van der Waals surface area (Å²) in [4.78, 5) is 27.2. The average Bonchev–Trinajstić information content (AvgIpc) is 3.07. The van der Waals surface area contributed by atoms with Gasteiger partial charge in [0, 0.05) is 6.54 Å². The lowest BCUT2D eigenvalue weighted by Gasteiger charge is -2.45. The average molecular weight is 292 g/mol. The number of fused-ring (bicyclic) bond motifs is 2. The molecule has 5 atom stereocenters. The highest BCUT2D eigenvalue weighted by Crippen LogP contribution is 2.48. The van der Waals surface area contributed by atoms with Crippen molar-refractivity contribution in [3.05, 3.63) is 0 Å². The second kappa shape index (κ2) is 5.29. The standard InChI is InChI=1S/C17H28N2O2/c1-4-14-15(20)18-17(3,5-2)16(21)19(14)10-13-9-11-6-7-12(13)8-11/h11-14H,4-10H2,1-3H3,(H,18,20). The van der Waals surface area contributed by atoms with Crippen LogP contribution in [0.15, 0.2) is 0 Å². The maximum atomic E-state index is 12.9. The van der Waals surface area contributed by atoms with E-state index in [-0.39, 0.29) is 17.9 Å². The van der Waals surface area contributed by atoms with Crippen LogP contribution in [0.3, 0.4) is 0 Å². The summed E-state index contributed by atoms with van der Waals surface area (Å²) in [5, 5.41) is 2.95. The van der Waals surface area contributed by atoms with Gasteiger partial charge in [-0.25, -0.2) is 0 Å². The first-order valence-corrected chi connectivity index (χ1v) is 8.61. The first kappa shape index (κ1) is 14.9.